The summed E-state index contributed by atoms with van der Waals surface area (Å²) in [5.41, 5.74) is 0. The number of halogens is 10. The van der Waals surface area contributed by atoms with Gasteiger partial charge in [-0.25, -0.2) is 0 Å². The normalized spacial score (nSPS) is 8.69. The first kappa shape index (κ1) is 87.2. The Bertz CT molecular complexity index is 415. The molecule has 0 aromatic heterocycles. The molecule has 0 bridgehead atoms. The molecule has 0 saturated heterocycles. The number of rotatable bonds is 13. The van der Waals surface area contributed by atoms with Crippen LogP contribution in [-0.2, 0) is 9.10 Å². The van der Waals surface area contributed by atoms with Crippen molar-refractivity contribution in [1.29, 1.82) is 0 Å². The second-order valence-corrected chi connectivity index (χ2v) is 9.86. The van der Waals surface area contributed by atoms with Gasteiger partial charge in [0.05, 0.1) is 0 Å². The van der Waals surface area contributed by atoms with E-state index < -0.39 is 15.1 Å². The molecule has 0 rings (SSSR count). The number of nitrogens with one attached hydrogen (secondary N) is 2. The first-order chi connectivity index (χ1) is 19.8. The quantitative estimate of drug-likeness (QED) is 0.0789. The van der Waals surface area contributed by atoms with Gasteiger partial charge in [-0.1, -0.05) is 59.0 Å². The fourth-order valence-electron chi connectivity index (χ4n) is 2.84. The molecule has 0 heterocycles. The van der Waals surface area contributed by atoms with E-state index in [0.29, 0.717) is 12.6 Å². The Kier molecular flexibility index (Phi) is 131. The van der Waals surface area contributed by atoms with Gasteiger partial charge in [-0.2, -0.15) is 0 Å². The zero-order chi connectivity index (χ0) is 36.0. The third-order valence-corrected chi connectivity index (χ3v) is 4.36. The van der Waals surface area contributed by atoms with Gasteiger partial charge in [0.2, 0.25) is 0 Å². The standard InChI is InChI=1S/2C7H19N3.C6H15O.C4H10O.C2H5Br.3CH4.2BF3.BrH.2FH/c2*1-6-8-7(9(2)3)10(4)5;1-4-7(5-2)6-3;1-3-5-4-2;1-2-3;;;;2*2-1(3)4;;;/h2*7-8H,6H2,1-5H3;4-6H2,1-3H3;3-4H2,1-2H3;2H2,1H3;3*1H4;;;3*1H/q;;+1;;;;;;;;;;/p-3. The minimum absolute atomic E-state index is 0. The van der Waals surface area contributed by atoms with Gasteiger partial charge in [-0.05, 0) is 83.3 Å². The largest absolute Gasteiger partial charge is 1.00 e. The number of hydrogen-bond donors (Lipinski definition) is 2. The predicted octanol–water partition coefficient (Wildman–Crippen LogP) is -1.27. The second-order valence-electron chi connectivity index (χ2n) is 8.74. The van der Waals surface area contributed by atoms with E-state index in [0.717, 1.165) is 51.5 Å². The van der Waals surface area contributed by atoms with Gasteiger partial charge in [-0.3, -0.25) is 56.1 Å². The summed E-state index contributed by atoms with van der Waals surface area (Å²) in [5.74, 6) is 0. The summed E-state index contributed by atoms with van der Waals surface area (Å²) in [6.45, 7) is 23.7. The first-order valence-corrected chi connectivity index (χ1v) is 15.7. The number of nitrogens with zero attached hydrogens (tertiary/aromatic N) is 4. The summed E-state index contributed by atoms with van der Waals surface area (Å²) in [7, 11) is 9.17. The average Bonchev–Trinajstić information content (AvgIpc) is 2.87. The van der Waals surface area contributed by atoms with E-state index in [4.69, 9.17) is 4.74 Å². The Balaban J connectivity index is -0.0000000285. The SMILES string of the molecule is C.C.C.CCBr.CCNC(N(C)C)N(C)C.CCNC(N(C)C)N(C)C.CCOCC.CC[O+](CC)CC.FB(F)F.FB(F)F.[Br-].[F-].[F-]. The van der Waals surface area contributed by atoms with Gasteiger partial charge >= 0.3 is 15.1 Å². The molecule has 0 atom stereocenters. The lowest BCUT2D eigenvalue weighted by atomic mass is 10.5. The predicted molar refractivity (Wildman–Crippen MR) is 202 cm³/mol. The van der Waals surface area contributed by atoms with Crippen molar-refractivity contribution in [2.45, 2.75) is 90.2 Å². The van der Waals surface area contributed by atoms with Crippen LogP contribution in [0.3, 0.4) is 0 Å². The van der Waals surface area contributed by atoms with Crippen LogP contribution in [0, 0.1) is 0 Å². The highest BCUT2D eigenvalue weighted by molar-refractivity contribution is 9.09. The molecule has 49 heavy (non-hydrogen) atoms. The summed E-state index contributed by atoms with van der Waals surface area (Å²) in [5, 5.41) is 7.73. The minimum atomic E-state index is -3.67. The average molecular weight is 878 g/mol. The molecule has 0 radical (unpaired) electrons. The molecule has 0 unspecified atom stereocenters. The molecule has 0 aliphatic heterocycles. The number of ether oxygens (including phenoxy) is 1. The van der Waals surface area contributed by atoms with Crippen LogP contribution in [0.1, 0.15) is 77.7 Å². The van der Waals surface area contributed by atoms with Crippen molar-refractivity contribution in [2.75, 3.05) is 108 Å². The van der Waals surface area contributed by atoms with Crippen molar-refractivity contribution in [3.05, 3.63) is 0 Å². The van der Waals surface area contributed by atoms with Gasteiger partial charge in [0.15, 0.2) is 0 Å². The van der Waals surface area contributed by atoms with Crippen molar-refractivity contribution in [1.82, 2.24) is 30.2 Å². The summed E-state index contributed by atoms with van der Waals surface area (Å²) in [4.78, 5) is 8.57. The minimum Gasteiger partial charge on any atom is -1.00 e. The topological polar surface area (TPSA) is 49.0 Å². The van der Waals surface area contributed by atoms with Gasteiger partial charge in [0, 0.05) is 39.3 Å². The first-order valence-electron chi connectivity index (χ1n) is 14.6. The molecule has 0 aliphatic rings. The molecule has 0 spiro atoms. The molecule has 2 N–H and O–H groups in total. The highest BCUT2D eigenvalue weighted by atomic mass is 79.9. The molecular weight excluding hydrogens is 798 g/mol. The smallest absolute Gasteiger partial charge is 0.762 e. The maximum Gasteiger partial charge on any atom is 0.762 e. The van der Waals surface area contributed by atoms with Crippen LogP contribution in [0.15, 0.2) is 0 Å². The molecule has 0 aromatic carbocycles. The molecule has 0 amide bonds. The lowest BCUT2D eigenvalue weighted by molar-refractivity contribution is -0.119. The van der Waals surface area contributed by atoms with Crippen molar-refractivity contribution < 1.29 is 61.4 Å². The van der Waals surface area contributed by atoms with Gasteiger partial charge < -0.3 is 35.5 Å². The lowest BCUT2D eigenvalue weighted by Crippen LogP contribution is -3.00. The zero-order valence-electron chi connectivity index (χ0n) is 31.4. The molecule has 0 saturated carbocycles. The van der Waals surface area contributed by atoms with Crippen LogP contribution in [0.4, 0.5) is 25.9 Å². The van der Waals surface area contributed by atoms with Gasteiger partial charge in [-0.15, -0.1) is 0 Å². The summed E-state index contributed by atoms with van der Waals surface area (Å²) in [6, 6.07) is 0. The molecular formula is C29H80B2Br2F8N6O2-2. The fourth-order valence-corrected chi connectivity index (χ4v) is 2.84. The van der Waals surface area contributed by atoms with Crippen LogP contribution >= 0.6 is 15.9 Å². The summed E-state index contributed by atoms with van der Waals surface area (Å²) < 4.78 is 65.9. The van der Waals surface area contributed by atoms with Crippen LogP contribution in [0.5, 0.6) is 0 Å². The van der Waals surface area contributed by atoms with E-state index in [1.165, 1.54) is 0 Å². The molecule has 20 heteroatoms. The van der Waals surface area contributed by atoms with E-state index >= 15 is 0 Å². The Morgan fingerprint density at radius 3 is 0.735 bits per heavy atom. The summed E-state index contributed by atoms with van der Waals surface area (Å²) >= 11 is 3.15. The number of alkyl halides is 1. The van der Waals surface area contributed by atoms with Crippen molar-refractivity contribution in [2.24, 2.45) is 0 Å². The molecule has 0 aromatic rings. The van der Waals surface area contributed by atoms with Gasteiger partial charge in [0.1, 0.15) is 32.4 Å². The highest BCUT2D eigenvalue weighted by Crippen LogP contribution is 1.92. The fraction of sp³-hybridized carbons (Fsp3) is 1.00. The Hall–Kier alpha value is 0.210. The molecule has 316 valence electrons. The molecule has 0 aliphatic carbocycles. The highest BCUT2D eigenvalue weighted by Gasteiger charge is 2.11. The Labute approximate surface area is 319 Å². The Morgan fingerprint density at radius 1 is 0.551 bits per heavy atom. The Morgan fingerprint density at radius 2 is 0.714 bits per heavy atom. The third kappa shape index (κ3) is 113. The second kappa shape index (κ2) is 73.6. The van der Waals surface area contributed by atoms with E-state index in [-0.39, 0.29) is 48.7 Å². The van der Waals surface area contributed by atoms with Crippen LogP contribution in [0.2, 0.25) is 0 Å². The molecule has 0 fully saturated rings. The van der Waals surface area contributed by atoms with Crippen LogP contribution in [-0.4, -0.2) is 155 Å². The van der Waals surface area contributed by atoms with Crippen molar-refractivity contribution in [3.63, 3.8) is 0 Å². The van der Waals surface area contributed by atoms with E-state index in [1.807, 2.05) is 20.8 Å². The van der Waals surface area contributed by atoms with Crippen LogP contribution in [0.25, 0.3) is 0 Å². The van der Waals surface area contributed by atoms with E-state index in [1.54, 1.807) is 0 Å². The maximum atomic E-state index is 9.67. The van der Waals surface area contributed by atoms with E-state index in [9.17, 15) is 25.9 Å². The van der Waals surface area contributed by atoms with Crippen LogP contribution < -0.4 is 37.0 Å². The third-order valence-electron chi connectivity index (χ3n) is 4.36. The monoisotopic (exact) mass is 876 g/mol. The van der Waals surface area contributed by atoms with Gasteiger partial charge in [0.25, 0.3) is 0 Å². The maximum absolute atomic E-state index is 9.67. The number of hydrogen-bond acceptors (Lipinski definition) is 7. The van der Waals surface area contributed by atoms with E-state index in [2.05, 4.69) is 142 Å². The van der Waals surface area contributed by atoms with Crippen molar-refractivity contribution >= 4 is 31.0 Å². The summed E-state index contributed by atoms with van der Waals surface area (Å²) in [6.07, 6.45) is 0.704. The van der Waals surface area contributed by atoms with Crippen molar-refractivity contribution in [3.8, 4) is 0 Å². The molecule has 8 nitrogen and oxygen atoms in total. The lowest BCUT2D eigenvalue weighted by Gasteiger charge is -2.30. The zero-order valence-corrected chi connectivity index (χ0v) is 34.5.